The molecule has 168 valence electrons. The van der Waals surface area contributed by atoms with Gasteiger partial charge in [-0.05, 0) is 54.9 Å². The van der Waals surface area contributed by atoms with Crippen LogP contribution in [0.15, 0.2) is 41.8 Å². The van der Waals surface area contributed by atoms with Crippen LogP contribution < -0.4 is 10.2 Å². The first-order chi connectivity index (χ1) is 15.4. The standard InChI is InChI=1S/C21H23ClN6O2S2/c1-14(28-19(24-25-21(28)31)17-3-2-12-32-17)20(30)23-13-18(29)27-10-8-26(9-11-27)16-6-4-15(22)5-7-16/h2-7,12,14H,8-11,13H2,1H3,(H,23,30)(H,25,31). The maximum atomic E-state index is 12.8. The molecule has 3 heterocycles. The topological polar surface area (TPSA) is 86.3 Å². The molecule has 0 bridgehead atoms. The number of piperazine rings is 1. The van der Waals surface area contributed by atoms with Gasteiger partial charge in [0.05, 0.1) is 11.4 Å². The van der Waals surface area contributed by atoms with Gasteiger partial charge in [0.2, 0.25) is 11.8 Å². The lowest BCUT2D eigenvalue weighted by Crippen LogP contribution is -2.51. The number of carbonyl (C=O) groups is 2. The summed E-state index contributed by atoms with van der Waals surface area (Å²) in [6, 6.07) is 10.9. The van der Waals surface area contributed by atoms with Crippen molar-refractivity contribution in [3.8, 4) is 10.7 Å². The number of hydrogen-bond donors (Lipinski definition) is 2. The Hall–Kier alpha value is -2.69. The lowest BCUT2D eigenvalue weighted by molar-refractivity contribution is -0.133. The number of nitrogens with one attached hydrogen (secondary N) is 2. The van der Waals surface area contributed by atoms with Gasteiger partial charge in [0.15, 0.2) is 10.6 Å². The van der Waals surface area contributed by atoms with Gasteiger partial charge in [0, 0.05) is 36.9 Å². The van der Waals surface area contributed by atoms with E-state index in [0.717, 1.165) is 23.7 Å². The Bertz CT molecular complexity index is 1130. The zero-order valence-corrected chi connectivity index (χ0v) is 19.8. The number of benzene rings is 1. The van der Waals surface area contributed by atoms with Crippen LogP contribution in [0.3, 0.4) is 0 Å². The third-order valence-electron chi connectivity index (χ3n) is 5.45. The average molecular weight is 491 g/mol. The SMILES string of the molecule is CC(C(=O)NCC(=O)N1CCN(c2ccc(Cl)cc2)CC1)n1c(-c2cccs2)n[nH]c1=S. The Kier molecular flexibility index (Phi) is 6.92. The zero-order valence-electron chi connectivity index (χ0n) is 17.5. The molecular weight excluding hydrogens is 468 g/mol. The van der Waals surface area contributed by atoms with Crippen molar-refractivity contribution in [2.75, 3.05) is 37.6 Å². The Balaban J connectivity index is 1.31. The number of carbonyl (C=O) groups excluding carboxylic acids is 2. The number of hydrogen-bond acceptors (Lipinski definition) is 6. The Morgan fingerprint density at radius 1 is 1.22 bits per heavy atom. The molecule has 1 saturated heterocycles. The van der Waals surface area contributed by atoms with Crippen LogP contribution in [0, 0.1) is 4.77 Å². The second-order valence-electron chi connectivity index (χ2n) is 7.44. The van der Waals surface area contributed by atoms with Crippen molar-refractivity contribution < 1.29 is 9.59 Å². The summed E-state index contributed by atoms with van der Waals surface area (Å²) < 4.78 is 2.03. The summed E-state index contributed by atoms with van der Waals surface area (Å²) in [4.78, 5) is 30.3. The second kappa shape index (κ2) is 9.85. The molecule has 0 radical (unpaired) electrons. The van der Waals surface area contributed by atoms with Crippen molar-refractivity contribution in [3.63, 3.8) is 0 Å². The summed E-state index contributed by atoms with van der Waals surface area (Å²) in [5, 5.41) is 12.4. The Morgan fingerprint density at radius 2 is 1.94 bits per heavy atom. The molecule has 32 heavy (non-hydrogen) atoms. The minimum absolute atomic E-state index is 0.0520. The van der Waals surface area contributed by atoms with Gasteiger partial charge >= 0.3 is 0 Å². The molecule has 11 heteroatoms. The van der Waals surface area contributed by atoms with Gasteiger partial charge in [-0.2, -0.15) is 5.10 Å². The van der Waals surface area contributed by atoms with Crippen molar-refractivity contribution in [1.82, 2.24) is 25.0 Å². The van der Waals surface area contributed by atoms with Crippen LogP contribution >= 0.6 is 35.2 Å². The van der Waals surface area contributed by atoms with Gasteiger partial charge in [-0.3, -0.25) is 19.3 Å². The number of rotatable bonds is 6. The molecule has 3 aromatic rings. The number of halogens is 1. The first-order valence-corrected chi connectivity index (χ1v) is 11.9. The highest BCUT2D eigenvalue weighted by Gasteiger charge is 2.24. The highest BCUT2D eigenvalue weighted by molar-refractivity contribution is 7.71. The predicted octanol–water partition coefficient (Wildman–Crippen LogP) is 3.35. The van der Waals surface area contributed by atoms with E-state index >= 15 is 0 Å². The van der Waals surface area contributed by atoms with E-state index in [1.807, 2.05) is 41.8 Å². The molecule has 2 aromatic heterocycles. The lowest BCUT2D eigenvalue weighted by atomic mass is 10.2. The zero-order chi connectivity index (χ0) is 22.7. The number of aromatic amines is 1. The molecule has 2 amide bonds. The molecule has 4 rings (SSSR count). The fraction of sp³-hybridized carbons (Fsp3) is 0.333. The monoisotopic (exact) mass is 490 g/mol. The number of nitrogens with zero attached hydrogens (tertiary/aromatic N) is 4. The quantitative estimate of drug-likeness (QED) is 0.517. The molecule has 0 spiro atoms. The maximum absolute atomic E-state index is 12.8. The second-order valence-corrected chi connectivity index (χ2v) is 9.21. The third-order valence-corrected chi connectivity index (χ3v) is 6.86. The molecule has 0 aliphatic carbocycles. The molecule has 2 N–H and O–H groups in total. The minimum Gasteiger partial charge on any atom is -0.368 e. The highest BCUT2D eigenvalue weighted by Crippen LogP contribution is 2.25. The van der Waals surface area contributed by atoms with Crippen LogP contribution in [0.2, 0.25) is 5.02 Å². The molecule has 1 fully saturated rings. The number of amides is 2. The van der Waals surface area contributed by atoms with Crippen molar-refractivity contribution in [2.24, 2.45) is 0 Å². The predicted molar refractivity (Wildman–Crippen MR) is 129 cm³/mol. The van der Waals surface area contributed by atoms with Gasteiger partial charge in [-0.25, -0.2) is 0 Å². The smallest absolute Gasteiger partial charge is 0.243 e. The normalized spacial score (nSPS) is 14.9. The van der Waals surface area contributed by atoms with E-state index in [0.29, 0.717) is 28.7 Å². The van der Waals surface area contributed by atoms with Crippen LogP contribution in [-0.2, 0) is 9.59 Å². The highest BCUT2D eigenvalue weighted by atomic mass is 35.5. The Labute approximate surface area is 199 Å². The summed E-state index contributed by atoms with van der Waals surface area (Å²) in [7, 11) is 0. The first kappa shape index (κ1) is 22.5. The van der Waals surface area contributed by atoms with E-state index in [1.54, 1.807) is 16.4 Å². The van der Waals surface area contributed by atoms with Gasteiger partial charge in [0.25, 0.3) is 0 Å². The van der Waals surface area contributed by atoms with Gasteiger partial charge in [-0.1, -0.05) is 17.7 Å². The van der Waals surface area contributed by atoms with E-state index in [2.05, 4.69) is 20.4 Å². The fourth-order valence-corrected chi connectivity index (χ4v) is 4.78. The summed E-state index contributed by atoms with van der Waals surface area (Å²) in [6.07, 6.45) is 0. The van der Waals surface area contributed by atoms with Crippen molar-refractivity contribution in [1.29, 1.82) is 0 Å². The van der Waals surface area contributed by atoms with Crippen molar-refractivity contribution in [3.05, 3.63) is 51.6 Å². The van der Waals surface area contributed by atoms with E-state index in [-0.39, 0.29) is 18.4 Å². The molecule has 1 unspecified atom stereocenters. The molecule has 1 aromatic carbocycles. The fourth-order valence-electron chi connectivity index (χ4n) is 3.65. The summed E-state index contributed by atoms with van der Waals surface area (Å²) in [6.45, 7) is 4.35. The minimum atomic E-state index is -0.604. The van der Waals surface area contributed by atoms with Crippen LogP contribution in [0.1, 0.15) is 13.0 Å². The average Bonchev–Trinajstić information content (AvgIpc) is 3.47. The van der Waals surface area contributed by atoms with E-state index in [1.165, 1.54) is 11.3 Å². The van der Waals surface area contributed by atoms with Gasteiger partial charge in [-0.15, -0.1) is 11.3 Å². The van der Waals surface area contributed by atoms with Gasteiger partial charge < -0.3 is 15.1 Å². The molecule has 1 aliphatic rings. The number of H-pyrrole nitrogens is 1. The molecule has 8 nitrogen and oxygen atoms in total. The third kappa shape index (κ3) is 4.87. The van der Waals surface area contributed by atoms with Crippen LogP contribution in [0.25, 0.3) is 10.7 Å². The van der Waals surface area contributed by atoms with Crippen LogP contribution in [0.5, 0.6) is 0 Å². The molecule has 1 aliphatic heterocycles. The number of thiophene rings is 1. The lowest BCUT2D eigenvalue weighted by Gasteiger charge is -2.36. The molecule has 1 atom stereocenters. The Morgan fingerprint density at radius 3 is 2.59 bits per heavy atom. The van der Waals surface area contributed by atoms with E-state index in [9.17, 15) is 9.59 Å². The van der Waals surface area contributed by atoms with Crippen molar-refractivity contribution in [2.45, 2.75) is 13.0 Å². The molecule has 0 saturated carbocycles. The first-order valence-electron chi connectivity index (χ1n) is 10.2. The molecular formula is C21H23ClN6O2S2. The van der Waals surface area contributed by atoms with E-state index < -0.39 is 6.04 Å². The number of anilines is 1. The van der Waals surface area contributed by atoms with E-state index in [4.69, 9.17) is 23.8 Å². The summed E-state index contributed by atoms with van der Waals surface area (Å²) >= 11 is 12.8. The summed E-state index contributed by atoms with van der Waals surface area (Å²) in [5.41, 5.74) is 1.09. The van der Waals surface area contributed by atoms with Crippen molar-refractivity contribution >= 4 is 52.7 Å². The summed E-state index contributed by atoms with van der Waals surface area (Å²) in [5.74, 6) is 0.223. The number of aromatic nitrogens is 3. The largest absolute Gasteiger partial charge is 0.368 e. The maximum Gasteiger partial charge on any atom is 0.243 e. The van der Waals surface area contributed by atoms with Crippen LogP contribution in [-0.4, -0.2) is 64.2 Å². The van der Waals surface area contributed by atoms with Crippen LogP contribution in [0.4, 0.5) is 5.69 Å². The van der Waals surface area contributed by atoms with Gasteiger partial charge in [0.1, 0.15) is 6.04 Å².